The van der Waals surface area contributed by atoms with Crippen LogP contribution in [0.1, 0.15) is 11.1 Å². The lowest BCUT2D eigenvalue weighted by Gasteiger charge is -2.13. The number of aliphatic imine (C=N–C) groups is 1. The standard InChI is InChI=1S/C27H23N3O4S/c1-3-10-29-16-18(21-6-4-5-7-22(21)29)14-24-26(33)30(11-12-31)27(35-24)28-19-8-9-20-17(2)13-25(32)34-23(20)15-19/h3-9,13-16,31H,1,10-12H2,2H3/b24-14-,28-27?. The van der Waals surface area contributed by atoms with Crippen molar-refractivity contribution in [2.24, 2.45) is 4.99 Å². The van der Waals surface area contributed by atoms with E-state index in [1.807, 2.05) is 61.7 Å². The van der Waals surface area contributed by atoms with Gasteiger partial charge in [0.25, 0.3) is 5.91 Å². The van der Waals surface area contributed by atoms with E-state index in [4.69, 9.17) is 4.42 Å². The quantitative estimate of drug-likeness (QED) is 0.240. The van der Waals surface area contributed by atoms with Crippen LogP contribution in [0.4, 0.5) is 5.69 Å². The second-order valence-corrected chi connectivity index (χ2v) is 9.17. The number of aryl methyl sites for hydroxylation is 1. The van der Waals surface area contributed by atoms with Crippen molar-refractivity contribution >= 4 is 56.5 Å². The van der Waals surface area contributed by atoms with Gasteiger partial charge in [0, 0.05) is 46.7 Å². The summed E-state index contributed by atoms with van der Waals surface area (Å²) in [6.45, 7) is 6.28. The maximum absolute atomic E-state index is 13.2. The van der Waals surface area contributed by atoms with Crippen LogP contribution in [0.15, 0.2) is 86.5 Å². The van der Waals surface area contributed by atoms with Crippen molar-refractivity contribution in [3.05, 3.63) is 93.8 Å². The lowest BCUT2D eigenvalue weighted by Crippen LogP contribution is -2.31. The Balaban J connectivity index is 1.55. The second kappa shape index (κ2) is 9.40. The van der Waals surface area contributed by atoms with Crippen molar-refractivity contribution in [3.63, 3.8) is 0 Å². The topological polar surface area (TPSA) is 88.0 Å². The summed E-state index contributed by atoms with van der Waals surface area (Å²) in [5.74, 6) is -0.216. The first kappa shape index (κ1) is 22.9. The highest BCUT2D eigenvalue weighted by atomic mass is 32.2. The Labute approximate surface area is 205 Å². The third kappa shape index (κ3) is 4.34. The Morgan fingerprint density at radius 2 is 1.97 bits per heavy atom. The SMILES string of the molecule is C=CCn1cc(/C=C2\SC(=Nc3ccc4c(C)cc(=O)oc4c3)N(CCO)C2=O)c2ccccc21. The summed E-state index contributed by atoms with van der Waals surface area (Å²) in [4.78, 5) is 31.7. The first-order chi connectivity index (χ1) is 17.0. The van der Waals surface area contributed by atoms with Crippen molar-refractivity contribution in [2.45, 2.75) is 13.5 Å². The normalized spacial score (nSPS) is 16.3. The molecular weight excluding hydrogens is 462 g/mol. The van der Waals surface area contributed by atoms with Crippen LogP contribution in [0.5, 0.6) is 0 Å². The zero-order chi connectivity index (χ0) is 24.5. The molecule has 1 aliphatic heterocycles. The summed E-state index contributed by atoms with van der Waals surface area (Å²) in [7, 11) is 0. The van der Waals surface area contributed by atoms with Crippen LogP contribution in [0.2, 0.25) is 0 Å². The summed E-state index contributed by atoms with van der Waals surface area (Å²) >= 11 is 1.25. The largest absolute Gasteiger partial charge is 0.423 e. The molecule has 35 heavy (non-hydrogen) atoms. The number of nitrogens with zero attached hydrogens (tertiary/aromatic N) is 3. The molecule has 1 fully saturated rings. The van der Waals surface area contributed by atoms with Gasteiger partial charge in [-0.1, -0.05) is 24.3 Å². The molecule has 176 valence electrons. The number of benzene rings is 2. The number of para-hydroxylation sites is 1. The van der Waals surface area contributed by atoms with E-state index >= 15 is 0 Å². The van der Waals surface area contributed by atoms with E-state index in [9.17, 15) is 14.7 Å². The van der Waals surface area contributed by atoms with Gasteiger partial charge in [0.2, 0.25) is 0 Å². The van der Waals surface area contributed by atoms with Gasteiger partial charge in [0.15, 0.2) is 5.17 Å². The fraction of sp³-hybridized carbons (Fsp3) is 0.148. The molecule has 0 bridgehead atoms. The third-order valence-electron chi connectivity index (χ3n) is 5.80. The molecule has 3 heterocycles. The monoisotopic (exact) mass is 485 g/mol. The molecule has 0 spiro atoms. The number of rotatable bonds is 6. The minimum atomic E-state index is -0.423. The Kier molecular flexibility index (Phi) is 6.15. The van der Waals surface area contributed by atoms with Crippen LogP contribution in [0.3, 0.4) is 0 Å². The van der Waals surface area contributed by atoms with E-state index in [2.05, 4.69) is 16.1 Å². The molecule has 5 rings (SSSR count). The van der Waals surface area contributed by atoms with Crippen LogP contribution in [0, 0.1) is 6.92 Å². The van der Waals surface area contributed by atoms with Crippen LogP contribution in [-0.4, -0.2) is 38.8 Å². The van der Waals surface area contributed by atoms with E-state index in [0.29, 0.717) is 27.9 Å². The van der Waals surface area contributed by atoms with E-state index in [1.165, 1.54) is 22.7 Å². The molecular formula is C27H23N3O4S. The average Bonchev–Trinajstić information content (AvgIpc) is 3.32. The summed E-state index contributed by atoms with van der Waals surface area (Å²) in [6.07, 6.45) is 5.71. The second-order valence-electron chi connectivity index (χ2n) is 8.16. The van der Waals surface area contributed by atoms with Crippen LogP contribution < -0.4 is 5.63 Å². The van der Waals surface area contributed by atoms with Crippen molar-refractivity contribution in [1.82, 2.24) is 9.47 Å². The highest BCUT2D eigenvalue weighted by molar-refractivity contribution is 8.18. The molecule has 1 saturated heterocycles. The molecule has 2 aromatic carbocycles. The van der Waals surface area contributed by atoms with Gasteiger partial charge in [-0.2, -0.15) is 0 Å². The van der Waals surface area contributed by atoms with E-state index < -0.39 is 5.63 Å². The smallest absolute Gasteiger partial charge is 0.336 e. The maximum atomic E-state index is 13.2. The summed E-state index contributed by atoms with van der Waals surface area (Å²) < 4.78 is 7.42. The van der Waals surface area contributed by atoms with Gasteiger partial charge >= 0.3 is 5.63 Å². The van der Waals surface area contributed by atoms with Gasteiger partial charge in [-0.15, -0.1) is 6.58 Å². The fourth-order valence-electron chi connectivity index (χ4n) is 4.20. The van der Waals surface area contributed by atoms with Gasteiger partial charge < -0.3 is 14.1 Å². The molecule has 1 N–H and O–H groups in total. The molecule has 4 aromatic rings. The lowest BCUT2D eigenvalue weighted by atomic mass is 10.1. The molecule has 0 unspecified atom stereocenters. The number of amides is 1. The van der Waals surface area contributed by atoms with Crippen LogP contribution in [-0.2, 0) is 11.3 Å². The fourth-order valence-corrected chi connectivity index (χ4v) is 5.22. The number of hydrogen-bond donors (Lipinski definition) is 1. The number of aromatic nitrogens is 1. The Bertz CT molecular complexity index is 1600. The van der Waals surface area contributed by atoms with E-state index in [0.717, 1.165) is 27.4 Å². The van der Waals surface area contributed by atoms with E-state index in [1.54, 1.807) is 6.07 Å². The highest BCUT2D eigenvalue weighted by Gasteiger charge is 2.33. The third-order valence-corrected chi connectivity index (χ3v) is 6.81. The number of hydrogen-bond acceptors (Lipinski definition) is 6. The summed E-state index contributed by atoms with van der Waals surface area (Å²) in [6, 6.07) is 14.8. The average molecular weight is 486 g/mol. The molecule has 1 amide bonds. The molecule has 0 saturated carbocycles. The van der Waals surface area contributed by atoms with Crippen LogP contribution >= 0.6 is 11.8 Å². The predicted molar refractivity (Wildman–Crippen MR) is 141 cm³/mol. The number of fused-ring (bicyclic) bond motifs is 2. The minimum absolute atomic E-state index is 0.127. The first-order valence-corrected chi connectivity index (χ1v) is 11.9. The molecule has 1 aliphatic rings. The van der Waals surface area contributed by atoms with Gasteiger partial charge in [0.05, 0.1) is 23.7 Å². The number of aliphatic hydroxyl groups is 1. The molecule has 7 nitrogen and oxygen atoms in total. The van der Waals surface area contributed by atoms with Crippen molar-refractivity contribution < 1.29 is 14.3 Å². The molecule has 0 radical (unpaired) electrons. The van der Waals surface area contributed by atoms with Crippen molar-refractivity contribution in [3.8, 4) is 0 Å². The number of carbonyl (C=O) groups is 1. The summed E-state index contributed by atoms with van der Waals surface area (Å²) in [5.41, 5.74) is 3.37. The van der Waals surface area contributed by atoms with Gasteiger partial charge in [0.1, 0.15) is 5.58 Å². The van der Waals surface area contributed by atoms with E-state index in [-0.39, 0.29) is 19.1 Å². The lowest BCUT2D eigenvalue weighted by molar-refractivity contribution is -0.122. The maximum Gasteiger partial charge on any atom is 0.336 e. The first-order valence-electron chi connectivity index (χ1n) is 11.1. The predicted octanol–water partition coefficient (Wildman–Crippen LogP) is 4.84. The zero-order valence-corrected chi connectivity index (χ0v) is 19.9. The Hall–Kier alpha value is -3.88. The Morgan fingerprint density at radius 1 is 1.14 bits per heavy atom. The molecule has 8 heteroatoms. The molecule has 0 aliphatic carbocycles. The highest BCUT2D eigenvalue weighted by Crippen LogP contribution is 2.36. The summed E-state index contributed by atoms with van der Waals surface area (Å²) in [5, 5.41) is 11.9. The van der Waals surface area contributed by atoms with Gasteiger partial charge in [-0.05, 0) is 48.5 Å². The number of β-amino-alcohol motifs (C(OH)–C–C–N with tert-alkyl or cyclic N) is 1. The zero-order valence-electron chi connectivity index (χ0n) is 19.1. The Morgan fingerprint density at radius 3 is 2.77 bits per heavy atom. The number of allylic oxidation sites excluding steroid dienone is 1. The molecule has 0 atom stereocenters. The van der Waals surface area contributed by atoms with Gasteiger partial charge in [-0.25, -0.2) is 9.79 Å². The van der Waals surface area contributed by atoms with Crippen molar-refractivity contribution in [1.29, 1.82) is 0 Å². The number of thioether (sulfide) groups is 1. The minimum Gasteiger partial charge on any atom is -0.423 e. The number of aliphatic hydroxyl groups excluding tert-OH is 1. The van der Waals surface area contributed by atoms with Crippen molar-refractivity contribution in [2.75, 3.05) is 13.2 Å². The molecule has 2 aromatic heterocycles. The number of carbonyl (C=O) groups excluding carboxylic acids is 1. The van der Waals surface area contributed by atoms with Crippen LogP contribution in [0.25, 0.3) is 27.9 Å². The number of amidine groups is 1. The van der Waals surface area contributed by atoms with Gasteiger partial charge in [-0.3, -0.25) is 9.69 Å².